The minimum absolute atomic E-state index is 0. The second-order valence-corrected chi connectivity index (χ2v) is 7.60. The second kappa shape index (κ2) is 8.63. The molecular weight excluding hydrogens is 338 g/mol. The molecule has 130 valence electrons. The Labute approximate surface area is 143 Å². The molecule has 0 radical (unpaired) electrons. The smallest absolute Gasteiger partial charge is 0.243 e. The van der Waals surface area contributed by atoms with Crippen LogP contribution >= 0.6 is 12.4 Å². The van der Waals surface area contributed by atoms with Crippen molar-refractivity contribution in [2.45, 2.75) is 30.7 Å². The first-order valence-electron chi connectivity index (χ1n) is 7.50. The van der Waals surface area contributed by atoms with Gasteiger partial charge in [0.25, 0.3) is 0 Å². The molecule has 3 N–H and O–H groups in total. The molecule has 1 aromatic rings. The Hall–Kier alpha value is -1.15. The number of piperidine rings is 1. The summed E-state index contributed by atoms with van der Waals surface area (Å²) >= 11 is 0. The molecule has 1 fully saturated rings. The standard InChI is InChI=1S/C15H23N3O3S.ClH/c1-12(10-16)17-15(19)13-6-5-9-18(11-13)22(20,21)14-7-3-2-4-8-14;/h2-4,7-8,12-13H,5-6,9-11,16H2,1H3,(H,17,19);1H/t12-,13?;/m0./s1. The quantitative estimate of drug-likeness (QED) is 0.817. The molecule has 0 spiro atoms. The normalized spacial score (nSPS) is 20.3. The number of sulfonamides is 1. The van der Waals surface area contributed by atoms with Crippen molar-refractivity contribution in [2.75, 3.05) is 19.6 Å². The van der Waals surface area contributed by atoms with Crippen molar-refractivity contribution in [2.24, 2.45) is 11.7 Å². The first-order chi connectivity index (χ1) is 10.4. The van der Waals surface area contributed by atoms with Gasteiger partial charge in [0.1, 0.15) is 0 Å². The van der Waals surface area contributed by atoms with Gasteiger partial charge in [0, 0.05) is 25.7 Å². The number of halogens is 1. The third-order valence-corrected chi connectivity index (χ3v) is 5.76. The number of carbonyl (C=O) groups excluding carboxylic acids is 1. The van der Waals surface area contributed by atoms with Gasteiger partial charge in [-0.25, -0.2) is 8.42 Å². The molecule has 1 unspecified atom stereocenters. The highest BCUT2D eigenvalue weighted by atomic mass is 35.5. The Balaban J connectivity index is 0.00000264. The predicted octanol–water partition coefficient (Wildman–Crippen LogP) is 0.972. The van der Waals surface area contributed by atoms with Gasteiger partial charge in [-0.1, -0.05) is 18.2 Å². The summed E-state index contributed by atoms with van der Waals surface area (Å²) in [4.78, 5) is 12.5. The van der Waals surface area contributed by atoms with Crippen LogP contribution in [0.5, 0.6) is 0 Å². The number of hydrogen-bond acceptors (Lipinski definition) is 4. The molecular formula is C15H24ClN3O3S. The molecule has 1 heterocycles. The van der Waals surface area contributed by atoms with E-state index in [-0.39, 0.29) is 41.7 Å². The predicted molar refractivity (Wildman–Crippen MR) is 91.8 cm³/mol. The molecule has 0 aliphatic carbocycles. The number of nitrogens with two attached hydrogens (primary N) is 1. The van der Waals surface area contributed by atoms with E-state index in [2.05, 4.69) is 5.32 Å². The number of nitrogens with one attached hydrogen (secondary N) is 1. The van der Waals surface area contributed by atoms with Crippen molar-refractivity contribution >= 4 is 28.3 Å². The summed E-state index contributed by atoms with van der Waals surface area (Å²) in [7, 11) is -3.53. The minimum atomic E-state index is -3.53. The zero-order valence-corrected chi connectivity index (χ0v) is 14.8. The summed E-state index contributed by atoms with van der Waals surface area (Å²) in [6, 6.07) is 8.23. The Kier molecular flexibility index (Phi) is 7.47. The van der Waals surface area contributed by atoms with Crippen LogP contribution in [0.3, 0.4) is 0 Å². The molecule has 6 nitrogen and oxygen atoms in total. The van der Waals surface area contributed by atoms with Gasteiger partial charge < -0.3 is 11.1 Å². The van der Waals surface area contributed by atoms with Crippen molar-refractivity contribution in [3.8, 4) is 0 Å². The van der Waals surface area contributed by atoms with Crippen LogP contribution in [0.4, 0.5) is 0 Å². The van der Waals surface area contributed by atoms with E-state index in [1.807, 2.05) is 6.92 Å². The number of nitrogens with zero attached hydrogens (tertiary/aromatic N) is 1. The first-order valence-corrected chi connectivity index (χ1v) is 8.95. The Morgan fingerprint density at radius 1 is 1.39 bits per heavy atom. The summed E-state index contributed by atoms with van der Waals surface area (Å²) in [6.45, 7) is 2.87. The summed E-state index contributed by atoms with van der Waals surface area (Å²) in [5.74, 6) is -0.438. The maximum Gasteiger partial charge on any atom is 0.243 e. The number of hydrogen-bond donors (Lipinski definition) is 2. The van der Waals surface area contributed by atoms with E-state index in [4.69, 9.17) is 5.73 Å². The van der Waals surface area contributed by atoms with Crippen molar-refractivity contribution in [3.63, 3.8) is 0 Å². The minimum Gasteiger partial charge on any atom is -0.352 e. The fourth-order valence-electron chi connectivity index (χ4n) is 2.54. The zero-order chi connectivity index (χ0) is 16.2. The lowest BCUT2D eigenvalue weighted by molar-refractivity contribution is -0.126. The van der Waals surface area contributed by atoms with Gasteiger partial charge in [0.05, 0.1) is 10.8 Å². The number of benzene rings is 1. The molecule has 0 saturated carbocycles. The topological polar surface area (TPSA) is 92.5 Å². The second-order valence-electron chi connectivity index (χ2n) is 5.66. The third-order valence-electron chi connectivity index (χ3n) is 3.88. The van der Waals surface area contributed by atoms with Crippen LogP contribution in [0, 0.1) is 5.92 Å². The number of carbonyl (C=O) groups is 1. The first kappa shape index (κ1) is 19.9. The Bertz CT molecular complexity index is 610. The zero-order valence-electron chi connectivity index (χ0n) is 13.1. The lowest BCUT2D eigenvalue weighted by atomic mass is 9.98. The van der Waals surface area contributed by atoms with Crippen molar-refractivity contribution < 1.29 is 13.2 Å². The molecule has 1 amide bonds. The average Bonchev–Trinajstić information content (AvgIpc) is 2.55. The van der Waals surface area contributed by atoms with Crippen molar-refractivity contribution in [1.29, 1.82) is 0 Å². The largest absolute Gasteiger partial charge is 0.352 e. The molecule has 23 heavy (non-hydrogen) atoms. The monoisotopic (exact) mass is 361 g/mol. The molecule has 2 atom stereocenters. The van der Waals surface area contributed by atoms with E-state index in [1.165, 1.54) is 4.31 Å². The summed E-state index contributed by atoms with van der Waals surface area (Å²) in [5.41, 5.74) is 5.50. The van der Waals surface area contributed by atoms with E-state index >= 15 is 0 Å². The summed E-state index contributed by atoms with van der Waals surface area (Å²) in [6.07, 6.45) is 1.38. The van der Waals surface area contributed by atoms with E-state index in [1.54, 1.807) is 30.3 Å². The van der Waals surface area contributed by atoms with Crippen LogP contribution in [-0.4, -0.2) is 44.3 Å². The van der Waals surface area contributed by atoms with Gasteiger partial charge in [-0.3, -0.25) is 4.79 Å². The van der Waals surface area contributed by atoms with Gasteiger partial charge in [-0.2, -0.15) is 4.31 Å². The molecule has 1 saturated heterocycles. The van der Waals surface area contributed by atoms with Crippen LogP contribution in [0.1, 0.15) is 19.8 Å². The average molecular weight is 362 g/mol. The molecule has 1 aromatic carbocycles. The van der Waals surface area contributed by atoms with E-state index in [0.717, 1.165) is 0 Å². The highest BCUT2D eigenvalue weighted by Gasteiger charge is 2.33. The Morgan fingerprint density at radius 3 is 2.65 bits per heavy atom. The highest BCUT2D eigenvalue weighted by Crippen LogP contribution is 2.23. The SMILES string of the molecule is C[C@@H](CN)NC(=O)C1CCCN(S(=O)(=O)c2ccccc2)C1.Cl. The van der Waals surface area contributed by atoms with Gasteiger partial charge >= 0.3 is 0 Å². The molecule has 8 heteroatoms. The third kappa shape index (κ3) is 4.91. The maximum absolute atomic E-state index is 12.6. The highest BCUT2D eigenvalue weighted by molar-refractivity contribution is 7.89. The van der Waals surface area contributed by atoms with Crippen molar-refractivity contribution in [3.05, 3.63) is 30.3 Å². The van der Waals surface area contributed by atoms with Crippen LogP contribution < -0.4 is 11.1 Å². The van der Waals surface area contributed by atoms with Crippen LogP contribution in [-0.2, 0) is 14.8 Å². The lowest BCUT2D eigenvalue weighted by Crippen LogP contribution is -2.48. The number of amides is 1. The molecule has 1 aliphatic heterocycles. The maximum atomic E-state index is 12.6. The van der Waals surface area contributed by atoms with Crippen LogP contribution in [0.15, 0.2) is 35.2 Å². The number of rotatable bonds is 5. The van der Waals surface area contributed by atoms with Crippen molar-refractivity contribution in [1.82, 2.24) is 9.62 Å². The summed E-state index contributed by atoms with van der Waals surface area (Å²) in [5, 5.41) is 2.83. The molecule has 2 rings (SSSR count). The van der Waals surface area contributed by atoms with Crippen LogP contribution in [0.25, 0.3) is 0 Å². The Morgan fingerprint density at radius 2 is 2.04 bits per heavy atom. The van der Waals surface area contributed by atoms with E-state index in [9.17, 15) is 13.2 Å². The van der Waals surface area contributed by atoms with Crippen LogP contribution in [0.2, 0.25) is 0 Å². The molecule has 0 aromatic heterocycles. The van der Waals surface area contributed by atoms with Gasteiger partial charge in [-0.15, -0.1) is 12.4 Å². The molecule has 0 bridgehead atoms. The van der Waals surface area contributed by atoms with E-state index < -0.39 is 10.0 Å². The van der Waals surface area contributed by atoms with E-state index in [0.29, 0.717) is 25.9 Å². The summed E-state index contributed by atoms with van der Waals surface area (Å²) < 4.78 is 26.6. The molecule has 1 aliphatic rings. The van der Waals surface area contributed by atoms with Gasteiger partial charge in [0.15, 0.2) is 0 Å². The van der Waals surface area contributed by atoms with Gasteiger partial charge in [-0.05, 0) is 31.9 Å². The fourth-order valence-corrected chi connectivity index (χ4v) is 4.08. The fraction of sp³-hybridized carbons (Fsp3) is 0.533. The van der Waals surface area contributed by atoms with Gasteiger partial charge in [0.2, 0.25) is 15.9 Å². The lowest BCUT2D eigenvalue weighted by Gasteiger charge is -2.31.